The first-order chi connectivity index (χ1) is 8.60. The van der Waals surface area contributed by atoms with E-state index >= 15 is 0 Å². The lowest BCUT2D eigenvalue weighted by molar-refractivity contribution is 0.357. The van der Waals surface area contributed by atoms with Crippen LogP contribution in [0.2, 0.25) is 0 Å². The van der Waals surface area contributed by atoms with Gasteiger partial charge in [0.25, 0.3) is 0 Å². The van der Waals surface area contributed by atoms with Gasteiger partial charge in [-0.1, -0.05) is 21.1 Å². The number of nitrogens with two attached hydrogens (primary N) is 1. The van der Waals surface area contributed by atoms with E-state index in [0.29, 0.717) is 16.5 Å². The third-order valence-corrected chi connectivity index (χ3v) is 2.68. The molecule has 0 aliphatic rings. The lowest BCUT2D eigenvalue weighted by Crippen LogP contribution is -2.09. The Hall–Kier alpha value is -1.71. The van der Waals surface area contributed by atoms with Crippen LogP contribution in [0.1, 0.15) is 18.4 Å². The molecule has 6 heteroatoms. The summed E-state index contributed by atoms with van der Waals surface area (Å²) in [5, 5.41) is 3.75. The van der Waals surface area contributed by atoms with Crippen LogP contribution in [0.5, 0.6) is 0 Å². The van der Waals surface area contributed by atoms with Crippen molar-refractivity contribution < 1.29 is 8.91 Å². The second-order valence-corrected chi connectivity index (χ2v) is 4.54. The minimum absolute atomic E-state index is 0.239. The third-order valence-electron chi connectivity index (χ3n) is 2.22. The number of benzene rings is 1. The molecule has 92 valence electrons. The fourth-order valence-electron chi connectivity index (χ4n) is 1.40. The lowest BCUT2D eigenvalue weighted by atomic mass is 10.2. The number of nitrogens with zero attached hydrogens (tertiary/aromatic N) is 2. The van der Waals surface area contributed by atoms with Gasteiger partial charge in [-0.2, -0.15) is 4.98 Å². The molecule has 2 rings (SSSR count). The highest BCUT2D eigenvalue weighted by Gasteiger charge is 2.15. The van der Waals surface area contributed by atoms with Gasteiger partial charge in [0.05, 0.1) is 6.04 Å². The van der Waals surface area contributed by atoms with E-state index in [2.05, 4.69) is 32.0 Å². The van der Waals surface area contributed by atoms with Crippen LogP contribution < -0.4 is 5.73 Å². The highest BCUT2D eigenvalue weighted by Crippen LogP contribution is 2.23. The van der Waals surface area contributed by atoms with E-state index in [1.807, 2.05) is 0 Å². The molecule has 0 aliphatic carbocycles. The van der Waals surface area contributed by atoms with Crippen molar-refractivity contribution in [2.45, 2.75) is 12.5 Å². The Balaban J connectivity index is 2.32. The molecule has 4 nitrogen and oxygen atoms in total. The van der Waals surface area contributed by atoms with Gasteiger partial charge in [-0.15, -0.1) is 12.3 Å². The van der Waals surface area contributed by atoms with E-state index in [9.17, 15) is 4.39 Å². The normalized spacial score (nSPS) is 12.1. The van der Waals surface area contributed by atoms with Crippen molar-refractivity contribution in [3.8, 4) is 23.7 Å². The highest BCUT2D eigenvalue weighted by molar-refractivity contribution is 9.10. The zero-order valence-electron chi connectivity index (χ0n) is 9.23. The summed E-state index contributed by atoms with van der Waals surface area (Å²) >= 11 is 3.19. The number of halogens is 2. The molecule has 0 spiro atoms. The number of hydrogen-bond acceptors (Lipinski definition) is 4. The molecule has 1 heterocycles. The monoisotopic (exact) mass is 309 g/mol. The number of aromatic nitrogens is 2. The first-order valence-electron chi connectivity index (χ1n) is 5.09. The Bertz CT molecular complexity index is 585. The molecule has 0 aliphatic heterocycles. The summed E-state index contributed by atoms with van der Waals surface area (Å²) in [6.07, 6.45) is 5.45. The van der Waals surface area contributed by atoms with Crippen molar-refractivity contribution in [2.75, 3.05) is 0 Å². The molecule has 1 atom stereocenters. The quantitative estimate of drug-likeness (QED) is 0.885. The number of rotatable bonds is 3. The summed E-state index contributed by atoms with van der Waals surface area (Å²) in [5.41, 5.74) is 6.24. The molecule has 0 bridgehead atoms. The maximum absolute atomic E-state index is 13.2. The van der Waals surface area contributed by atoms with Gasteiger partial charge in [0.15, 0.2) is 0 Å². The van der Waals surface area contributed by atoms with Crippen LogP contribution in [0.3, 0.4) is 0 Å². The van der Waals surface area contributed by atoms with E-state index in [4.69, 9.17) is 16.7 Å². The van der Waals surface area contributed by atoms with Gasteiger partial charge in [-0.05, 0) is 18.2 Å². The zero-order valence-corrected chi connectivity index (χ0v) is 10.8. The minimum atomic E-state index is -0.506. The highest BCUT2D eigenvalue weighted by atomic mass is 79.9. The van der Waals surface area contributed by atoms with Crippen molar-refractivity contribution in [1.82, 2.24) is 10.1 Å². The van der Waals surface area contributed by atoms with Crippen molar-refractivity contribution in [2.24, 2.45) is 5.73 Å². The van der Waals surface area contributed by atoms with Crippen molar-refractivity contribution in [1.29, 1.82) is 0 Å². The van der Waals surface area contributed by atoms with Gasteiger partial charge in [0.1, 0.15) is 5.82 Å². The second kappa shape index (κ2) is 5.29. The van der Waals surface area contributed by atoms with Gasteiger partial charge in [-0.25, -0.2) is 4.39 Å². The molecule has 1 aromatic carbocycles. The molecule has 1 aromatic heterocycles. The summed E-state index contributed by atoms with van der Waals surface area (Å²) in [6.45, 7) is 0. The summed E-state index contributed by atoms with van der Waals surface area (Å²) in [5.74, 6) is 2.54. The van der Waals surface area contributed by atoms with Crippen molar-refractivity contribution >= 4 is 15.9 Å². The largest absolute Gasteiger partial charge is 0.337 e. The molecular weight excluding hydrogens is 301 g/mol. The molecule has 18 heavy (non-hydrogen) atoms. The fraction of sp³-hybridized carbons (Fsp3) is 0.167. The van der Waals surface area contributed by atoms with Crippen molar-refractivity contribution in [3.05, 3.63) is 34.4 Å². The topological polar surface area (TPSA) is 64.9 Å². The van der Waals surface area contributed by atoms with E-state index in [1.165, 1.54) is 12.1 Å². The molecule has 0 radical (unpaired) electrons. The minimum Gasteiger partial charge on any atom is -0.337 e. The predicted octanol–water partition coefficient (Wildman–Crippen LogP) is 2.66. The van der Waals surface area contributed by atoms with Gasteiger partial charge in [0, 0.05) is 16.5 Å². The average molecular weight is 310 g/mol. The van der Waals surface area contributed by atoms with Crippen molar-refractivity contribution in [3.63, 3.8) is 0 Å². The Kier molecular flexibility index (Phi) is 3.75. The zero-order chi connectivity index (χ0) is 13.1. The van der Waals surface area contributed by atoms with E-state index < -0.39 is 11.9 Å². The van der Waals surface area contributed by atoms with Gasteiger partial charge in [0.2, 0.25) is 11.7 Å². The van der Waals surface area contributed by atoms with Crippen LogP contribution in [0.15, 0.2) is 27.2 Å². The Morgan fingerprint density at radius 3 is 2.94 bits per heavy atom. The third kappa shape index (κ3) is 2.75. The molecule has 2 N–H and O–H groups in total. The van der Waals surface area contributed by atoms with E-state index in [-0.39, 0.29) is 11.7 Å². The number of hydrogen-bond donors (Lipinski definition) is 1. The molecule has 1 unspecified atom stereocenters. The molecule has 0 saturated heterocycles. The Morgan fingerprint density at radius 1 is 1.50 bits per heavy atom. The van der Waals surface area contributed by atoms with Crippen LogP contribution in [0, 0.1) is 18.2 Å². The molecular formula is C12H9BrFN3O. The summed E-state index contributed by atoms with van der Waals surface area (Å²) in [6, 6.07) is 3.83. The molecule has 0 saturated carbocycles. The van der Waals surface area contributed by atoms with Crippen LogP contribution in [0.25, 0.3) is 11.4 Å². The van der Waals surface area contributed by atoms with Crippen LogP contribution in [-0.2, 0) is 0 Å². The van der Waals surface area contributed by atoms with Crippen LogP contribution in [0.4, 0.5) is 4.39 Å². The molecule has 0 fully saturated rings. The molecule has 0 amide bonds. The van der Waals surface area contributed by atoms with Gasteiger partial charge in [-0.3, -0.25) is 0 Å². The van der Waals surface area contributed by atoms with Gasteiger partial charge >= 0.3 is 0 Å². The first kappa shape index (κ1) is 12.7. The maximum atomic E-state index is 13.2. The molecule has 2 aromatic rings. The first-order valence-corrected chi connectivity index (χ1v) is 5.88. The smallest absolute Gasteiger partial charge is 0.244 e. The van der Waals surface area contributed by atoms with Gasteiger partial charge < -0.3 is 10.3 Å². The maximum Gasteiger partial charge on any atom is 0.244 e. The van der Waals surface area contributed by atoms with Crippen LogP contribution >= 0.6 is 15.9 Å². The fourth-order valence-corrected chi connectivity index (χ4v) is 1.87. The van der Waals surface area contributed by atoms with E-state index in [1.54, 1.807) is 6.07 Å². The van der Waals surface area contributed by atoms with Crippen LogP contribution in [-0.4, -0.2) is 10.1 Å². The summed E-state index contributed by atoms with van der Waals surface area (Å²) < 4.78 is 18.8. The Morgan fingerprint density at radius 2 is 2.28 bits per heavy atom. The van der Waals surface area contributed by atoms with E-state index in [0.717, 1.165) is 0 Å². The SMILES string of the molecule is C#CCC(N)c1nc(-c2cc(F)cc(Br)c2)no1. The Labute approximate surface area is 112 Å². The summed E-state index contributed by atoms with van der Waals surface area (Å²) in [4.78, 5) is 4.10. The standard InChI is InChI=1S/C12H9BrFN3O/c1-2-3-10(15)12-16-11(17-18-12)7-4-8(13)6-9(14)5-7/h1,4-6,10H,3,15H2. The second-order valence-electron chi connectivity index (χ2n) is 3.63. The average Bonchev–Trinajstić information content (AvgIpc) is 2.77. The summed E-state index contributed by atoms with van der Waals surface area (Å²) in [7, 11) is 0. The lowest BCUT2D eigenvalue weighted by Gasteiger charge is -1.99. The number of terminal acetylenes is 1. The predicted molar refractivity (Wildman–Crippen MR) is 67.8 cm³/mol.